The molecule has 0 aliphatic carbocycles. The Morgan fingerprint density at radius 1 is 1.56 bits per heavy atom. The monoisotopic (exact) mass is 287 g/mol. The molecular weight excluding hydrogens is 278 g/mol. The van der Waals surface area contributed by atoms with E-state index >= 15 is 0 Å². The lowest BCUT2D eigenvalue weighted by atomic mass is 10.1. The summed E-state index contributed by atoms with van der Waals surface area (Å²) in [6.07, 6.45) is 2.85. The molecule has 1 saturated heterocycles. The third kappa shape index (κ3) is 3.06. The molecule has 1 aliphatic rings. The van der Waals surface area contributed by atoms with Crippen molar-refractivity contribution in [2.45, 2.75) is 0 Å². The molecule has 16 heavy (non-hydrogen) atoms. The summed E-state index contributed by atoms with van der Waals surface area (Å²) in [6, 6.07) is 0.320. The fourth-order valence-corrected chi connectivity index (χ4v) is 1.41. The van der Waals surface area contributed by atoms with Crippen molar-refractivity contribution in [3.05, 3.63) is 16.9 Å². The lowest BCUT2D eigenvalue weighted by molar-refractivity contribution is 0.0817. The van der Waals surface area contributed by atoms with Gasteiger partial charge in [-0.05, 0) is 15.9 Å². The first-order chi connectivity index (χ1) is 7.74. The van der Waals surface area contributed by atoms with Crippen molar-refractivity contribution in [3.8, 4) is 6.01 Å². The molecule has 1 fully saturated rings. The summed E-state index contributed by atoms with van der Waals surface area (Å²) in [7, 11) is 0. The van der Waals surface area contributed by atoms with Crippen molar-refractivity contribution in [2.75, 3.05) is 19.8 Å². The highest BCUT2D eigenvalue weighted by molar-refractivity contribution is 9.10. The van der Waals surface area contributed by atoms with E-state index in [2.05, 4.69) is 31.2 Å². The molecule has 86 valence electrons. The van der Waals surface area contributed by atoms with Gasteiger partial charge in [-0.3, -0.25) is 0 Å². The van der Waals surface area contributed by atoms with Gasteiger partial charge in [-0.2, -0.15) is 0 Å². The summed E-state index contributed by atoms with van der Waals surface area (Å²) < 4.78 is 11.0. The van der Waals surface area contributed by atoms with Crippen molar-refractivity contribution < 1.29 is 14.3 Å². The predicted octanol–water partition coefficient (Wildman–Crippen LogP) is 0.974. The number of amides is 1. The summed E-state index contributed by atoms with van der Waals surface area (Å²) in [5.41, 5.74) is 0. The molecule has 2 heterocycles. The molecule has 7 heteroatoms. The predicted molar refractivity (Wildman–Crippen MR) is 58.1 cm³/mol. The van der Waals surface area contributed by atoms with Crippen molar-refractivity contribution >= 4 is 22.0 Å². The standard InChI is InChI=1S/C9H10BrN3O3/c10-7-2-11-8(12-3-7)15-4-6-1-13-9(14)16-5-6/h2-3,6H,1,4-5H2,(H,13,14). The fraction of sp³-hybridized carbons (Fsp3) is 0.444. The zero-order chi connectivity index (χ0) is 11.4. The zero-order valence-corrected chi connectivity index (χ0v) is 9.94. The van der Waals surface area contributed by atoms with Crippen LogP contribution < -0.4 is 10.1 Å². The van der Waals surface area contributed by atoms with E-state index < -0.39 is 0 Å². The first-order valence-electron chi connectivity index (χ1n) is 4.75. The Hall–Kier alpha value is -1.37. The third-order valence-corrected chi connectivity index (χ3v) is 2.44. The molecule has 0 saturated carbocycles. The minimum Gasteiger partial charge on any atom is -0.463 e. The topological polar surface area (TPSA) is 73.3 Å². The van der Waals surface area contributed by atoms with Crippen LogP contribution in [0, 0.1) is 5.92 Å². The van der Waals surface area contributed by atoms with Gasteiger partial charge in [-0.1, -0.05) is 0 Å². The van der Waals surface area contributed by atoms with Gasteiger partial charge >= 0.3 is 12.1 Å². The third-order valence-electron chi connectivity index (χ3n) is 2.03. The van der Waals surface area contributed by atoms with Crippen LogP contribution in [0.4, 0.5) is 4.79 Å². The molecule has 2 rings (SSSR count). The lowest BCUT2D eigenvalue weighted by Crippen LogP contribution is -2.41. The first kappa shape index (κ1) is 11.1. The largest absolute Gasteiger partial charge is 0.463 e. The molecule has 1 aromatic rings. The number of nitrogens with one attached hydrogen (secondary N) is 1. The molecule has 1 aliphatic heterocycles. The van der Waals surface area contributed by atoms with Gasteiger partial charge in [0.2, 0.25) is 0 Å². The van der Waals surface area contributed by atoms with Gasteiger partial charge in [0.1, 0.15) is 6.61 Å². The number of halogens is 1. The van der Waals surface area contributed by atoms with Crippen LogP contribution >= 0.6 is 15.9 Å². The molecule has 1 atom stereocenters. The molecule has 0 radical (unpaired) electrons. The highest BCUT2D eigenvalue weighted by Gasteiger charge is 2.19. The fourth-order valence-electron chi connectivity index (χ4n) is 1.21. The highest BCUT2D eigenvalue weighted by Crippen LogP contribution is 2.10. The van der Waals surface area contributed by atoms with E-state index in [1.165, 1.54) is 0 Å². The molecule has 0 bridgehead atoms. The van der Waals surface area contributed by atoms with Crippen LogP contribution in [0.2, 0.25) is 0 Å². The van der Waals surface area contributed by atoms with Crippen LogP contribution in [0.5, 0.6) is 6.01 Å². The van der Waals surface area contributed by atoms with Gasteiger partial charge in [0.15, 0.2) is 0 Å². The summed E-state index contributed by atoms with van der Waals surface area (Å²) in [5.74, 6) is 0.130. The Morgan fingerprint density at radius 2 is 2.31 bits per heavy atom. The Morgan fingerprint density at radius 3 is 2.94 bits per heavy atom. The van der Waals surface area contributed by atoms with Crippen LogP contribution in [-0.2, 0) is 4.74 Å². The summed E-state index contributed by atoms with van der Waals surface area (Å²) >= 11 is 3.23. The van der Waals surface area contributed by atoms with Crippen LogP contribution in [0.25, 0.3) is 0 Å². The van der Waals surface area contributed by atoms with E-state index in [4.69, 9.17) is 9.47 Å². The second-order valence-corrected chi connectivity index (χ2v) is 4.26. The molecule has 1 unspecified atom stereocenters. The van der Waals surface area contributed by atoms with Crippen molar-refractivity contribution in [3.63, 3.8) is 0 Å². The van der Waals surface area contributed by atoms with Crippen LogP contribution in [0.15, 0.2) is 16.9 Å². The Kier molecular flexibility index (Phi) is 3.55. The molecule has 0 spiro atoms. The minimum atomic E-state index is -0.379. The lowest BCUT2D eigenvalue weighted by Gasteiger charge is -2.22. The maximum Gasteiger partial charge on any atom is 0.407 e. The highest BCUT2D eigenvalue weighted by atomic mass is 79.9. The molecule has 6 nitrogen and oxygen atoms in total. The number of cyclic esters (lactones) is 1. The van der Waals surface area contributed by atoms with Gasteiger partial charge in [-0.15, -0.1) is 0 Å². The zero-order valence-electron chi connectivity index (χ0n) is 8.35. The molecule has 0 aromatic carbocycles. The van der Waals surface area contributed by atoms with Gasteiger partial charge in [0.05, 0.1) is 11.1 Å². The summed E-state index contributed by atoms with van der Waals surface area (Å²) in [6.45, 7) is 1.33. The van der Waals surface area contributed by atoms with E-state index in [0.29, 0.717) is 25.8 Å². The maximum absolute atomic E-state index is 10.7. The van der Waals surface area contributed by atoms with E-state index in [1.807, 2.05) is 0 Å². The normalized spacial score (nSPS) is 19.8. The van der Waals surface area contributed by atoms with Crippen LogP contribution in [0.1, 0.15) is 0 Å². The van der Waals surface area contributed by atoms with Crippen molar-refractivity contribution in [1.82, 2.24) is 15.3 Å². The Bertz CT molecular complexity index is 361. The summed E-state index contributed by atoms with van der Waals surface area (Å²) in [5, 5.41) is 2.59. The average Bonchev–Trinajstić information content (AvgIpc) is 2.30. The van der Waals surface area contributed by atoms with E-state index in [1.54, 1.807) is 12.4 Å². The van der Waals surface area contributed by atoms with Gasteiger partial charge in [-0.25, -0.2) is 14.8 Å². The SMILES string of the molecule is O=C1NCC(COc2ncc(Br)cn2)CO1. The molecule has 1 amide bonds. The first-order valence-corrected chi connectivity index (χ1v) is 5.54. The molecular formula is C9H10BrN3O3. The number of ether oxygens (including phenoxy) is 2. The van der Waals surface area contributed by atoms with Gasteiger partial charge in [0.25, 0.3) is 0 Å². The quantitative estimate of drug-likeness (QED) is 0.897. The van der Waals surface area contributed by atoms with Gasteiger partial charge in [0, 0.05) is 24.9 Å². The number of carbonyl (C=O) groups excluding carboxylic acids is 1. The average molecular weight is 288 g/mol. The number of alkyl carbamates (subject to hydrolysis) is 1. The van der Waals surface area contributed by atoms with E-state index in [9.17, 15) is 4.79 Å². The van der Waals surface area contributed by atoms with Crippen LogP contribution in [0.3, 0.4) is 0 Å². The van der Waals surface area contributed by atoms with E-state index in [-0.39, 0.29) is 12.0 Å². The number of carbonyl (C=O) groups is 1. The summed E-state index contributed by atoms with van der Waals surface area (Å²) in [4.78, 5) is 18.7. The molecule has 1 aromatic heterocycles. The second kappa shape index (κ2) is 5.11. The van der Waals surface area contributed by atoms with E-state index in [0.717, 1.165) is 4.47 Å². The number of rotatable bonds is 3. The van der Waals surface area contributed by atoms with Crippen molar-refractivity contribution in [1.29, 1.82) is 0 Å². The Balaban J connectivity index is 1.79. The number of aromatic nitrogens is 2. The number of hydrogen-bond donors (Lipinski definition) is 1. The van der Waals surface area contributed by atoms with Crippen molar-refractivity contribution in [2.24, 2.45) is 5.92 Å². The number of nitrogens with zero attached hydrogens (tertiary/aromatic N) is 2. The maximum atomic E-state index is 10.7. The second-order valence-electron chi connectivity index (χ2n) is 3.34. The number of hydrogen-bond acceptors (Lipinski definition) is 5. The minimum absolute atomic E-state index is 0.130. The molecule has 1 N–H and O–H groups in total. The smallest absolute Gasteiger partial charge is 0.407 e. The Labute approximate surface area is 100 Å². The van der Waals surface area contributed by atoms with Gasteiger partial charge < -0.3 is 14.8 Å². The van der Waals surface area contributed by atoms with Crippen LogP contribution in [-0.4, -0.2) is 35.8 Å².